The van der Waals surface area contributed by atoms with E-state index in [1.807, 2.05) is 18.2 Å². The molecule has 3 N–H and O–H groups in total. The maximum Gasteiger partial charge on any atom is 0.339 e. The summed E-state index contributed by atoms with van der Waals surface area (Å²) < 4.78 is 4.68. The topological polar surface area (TPSA) is 111 Å². The number of nitrogens with zero attached hydrogens (tertiary/aromatic N) is 1. The first-order valence-electron chi connectivity index (χ1n) is 8.10. The summed E-state index contributed by atoms with van der Waals surface area (Å²) in [5.41, 5.74) is 2.05. The van der Waals surface area contributed by atoms with E-state index in [0.717, 1.165) is 11.1 Å². The smallest absolute Gasteiger partial charge is 0.339 e. The second-order valence-corrected chi connectivity index (χ2v) is 5.52. The molecule has 0 aliphatic rings. The lowest BCUT2D eigenvalue weighted by molar-refractivity contribution is -0.112. The Hall–Kier alpha value is -3.63. The summed E-state index contributed by atoms with van der Waals surface area (Å²) in [7, 11) is 1.25. The van der Waals surface area contributed by atoms with Gasteiger partial charge in [-0.15, -0.1) is 0 Å². The number of hydrogen-bond acceptors (Lipinski definition) is 6. The quantitative estimate of drug-likeness (QED) is 0.394. The maximum absolute atomic E-state index is 12.3. The summed E-state index contributed by atoms with van der Waals surface area (Å²) in [6.45, 7) is 0.377. The molecule has 0 atom stereocenters. The van der Waals surface area contributed by atoms with Crippen molar-refractivity contribution < 1.29 is 19.4 Å². The lowest BCUT2D eigenvalue weighted by Crippen LogP contribution is -2.18. The molecule has 2 aromatic rings. The largest absolute Gasteiger partial charge is 0.465 e. The van der Waals surface area contributed by atoms with Gasteiger partial charge >= 0.3 is 5.97 Å². The number of aliphatic hydroxyl groups excluding tert-OH is 1. The molecule has 0 aromatic heterocycles. The maximum atomic E-state index is 12.3. The summed E-state index contributed by atoms with van der Waals surface area (Å²) in [6.07, 6.45) is 1.32. The van der Waals surface area contributed by atoms with E-state index in [0.29, 0.717) is 6.54 Å². The van der Waals surface area contributed by atoms with E-state index in [9.17, 15) is 14.9 Å². The minimum Gasteiger partial charge on any atom is -0.465 e. The van der Waals surface area contributed by atoms with Gasteiger partial charge in [0.2, 0.25) is 0 Å². The van der Waals surface area contributed by atoms with Crippen LogP contribution in [0.5, 0.6) is 0 Å². The van der Waals surface area contributed by atoms with Gasteiger partial charge in [-0.25, -0.2) is 4.79 Å². The van der Waals surface area contributed by atoms with Crippen LogP contribution >= 0.6 is 0 Å². The standard InChI is InChI=1S/C20H19N3O4/c1-27-20(26)17-4-2-3-5-18(17)23-19(25)16(10-21)12-22-11-14-6-8-15(13-24)9-7-14/h2-9,12,22,24H,11,13H2,1H3,(H,23,25)/b16-12-. The minimum atomic E-state index is -0.642. The summed E-state index contributed by atoms with van der Waals surface area (Å²) in [5, 5.41) is 23.7. The van der Waals surface area contributed by atoms with Gasteiger partial charge in [-0.3, -0.25) is 4.79 Å². The zero-order valence-corrected chi connectivity index (χ0v) is 14.7. The van der Waals surface area contributed by atoms with Crippen molar-refractivity contribution in [3.8, 4) is 6.07 Å². The average molecular weight is 365 g/mol. The van der Waals surface area contributed by atoms with Crippen molar-refractivity contribution in [3.05, 3.63) is 77.0 Å². The van der Waals surface area contributed by atoms with E-state index in [2.05, 4.69) is 15.4 Å². The number of rotatable bonds is 7. The van der Waals surface area contributed by atoms with Crippen LogP contribution in [0.1, 0.15) is 21.5 Å². The highest BCUT2D eigenvalue weighted by Crippen LogP contribution is 2.16. The molecule has 0 heterocycles. The number of methoxy groups -OCH3 is 1. The number of hydrogen-bond donors (Lipinski definition) is 3. The monoisotopic (exact) mass is 365 g/mol. The number of carbonyl (C=O) groups excluding carboxylic acids is 2. The van der Waals surface area contributed by atoms with Crippen molar-refractivity contribution in [1.82, 2.24) is 5.32 Å². The Labute approximate surface area is 156 Å². The fourth-order valence-electron chi connectivity index (χ4n) is 2.25. The van der Waals surface area contributed by atoms with Crippen LogP contribution in [-0.2, 0) is 22.7 Å². The molecule has 0 saturated carbocycles. The average Bonchev–Trinajstić information content (AvgIpc) is 2.71. The molecule has 138 valence electrons. The molecule has 0 spiro atoms. The van der Waals surface area contributed by atoms with Gasteiger partial charge in [-0.2, -0.15) is 5.26 Å². The highest BCUT2D eigenvalue weighted by atomic mass is 16.5. The van der Waals surface area contributed by atoms with Gasteiger partial charge < -0.3 is 20.5 Å². The number of nitriles is 1. The molecule has 0 saturated heterocycles. The van der Waals surface area contributed by atoms with Crippen LogP contribution in [0.2, 0.25) is 0 Å². The van der Waals surface area contributed by atoms with Crippen LogP contribution in [0.15, 0.2) is 60.3 Å². The predicted octanol–water partition coefficient (Wildman–Crippen LogP) is 2.10. The second kappa shape index (κ2) is 9.75. The third kappa shape index (κ3) is 5.42. The zero-order chi connectivity index (χ0) is 19.6. The molecular formula is C20H19N3O4. The van der Waals surface area contributed by atoms with Crippen LogP contribution in [0, 0.1) is 11.3 Å². The fourth-order valence-corrected chi connectivity index (χ4v) is 2.25. The Morgan fingerprint density at radius 3 is 2.44 bits per heavy atom. The zero-order valence-electron chi connectivity index (χ0n) is 14.7. The summed E-state index contributed by atoms with van der Waals surface area (Å²) in [5.74, 6) is -1.23. The molecule has 2 rings (SSSR count). The molecule has 2 aromatic carbocycles. The molecule has 0 fully saturated rings. The van der Waals surface area contributed by atoms with Crippen molar-refractivity contribution in [1.29, 1.82) is 5.26 Å². The van der Waals surface area contributed by atoms with Crippen molar-refractivity contribution in [2.24, 2.45) is 0 Å². The summed E-state index contributed by atoms with van der Waals surface area (Å²) in [6, 6.07) is 15.5. The Kier molecular flexibility index (Phi) is 7.11. The van der Waals surface area contributed by atoms with Gasteiger partial charge in [0.1, 0.15) is 11.6 Å². The molecule has 0 bridgehead atoms. The first-order chi connectivity index (χ1) is 13.1. The van der Waals surface area contributed by atoms with Crippen molar-refractivity contribution in [3.63, 3.8) is 0 Å². The highest BCUT2D eigenvalue weighted by molar-refractivity contribution is 6.09. The Morgan fingerprint density at radius 2 is 1.81 bits per heavy atom. The Bertz CT molecular complexity index is 883. The number of amides is 1. The number of para-hydroxylation sites is 1. The first-order valence-corrected chi connectivity index (χ1v) is 8.10. The molecule has 0 unspecified atom stereocenters. The van der Waals surface area contributed by atoms with Crippen LogP contribution in [0.4, 0.5) is 5.69 Å². The number of benzene rings is 2. The molecule has 0 aliphatic heterocycles. The van der Waals surface area contributed by atoms with Crippen LogP contribution in [0.25, 0.3) is 0 Å². The molecule has 7 nitrogen and oxygen atoms in total. The van der Waals surface area contributed by atoms with E-state index in [-0.39, 0.29) is 23.4 Å². The van der Waals surface area contributed by atoms with E-state index in [1.165, 1.54) is 19.4 Å². The predicted molar refractivity (Wildman–Crippen MR) is 99.3 cm³/mol. The summed E-state index contributed by atoms with van der Waals surface area (Å²) in [4.78, 5) is 24.1. The van der Waals surface area contributed by atoms with Gasteiger partial charge in [0.25, 0.3) is 5.91 Å². The van der Waals surface area contributed by atoms with Crippen molar-refractivity contribution >= 4 is 17.6 Å². The normalized spacial score (nSPS) is 10.6. The minimum absolute atomic E-state index is 0.0284. The number of anilines is 1. The van der Waals surface area contributed by atoms with Crippen LogP contribution in [-0.4, -0.2) is 24.1 Å². The second-order valence-electron chi connectivity index (χ2n) is 5.52. The lowest BCUT2D eigenvalue weighted by Gasteiger charge is -2.09. The van der Waals surface area contributed by atoms with Crippen LogP contribution in [0.3, 0.4) is 0 Å². The van der Waals surface area contributed by atoms with Gasteiger partial charge in [0.15, 0.2) is 0 Å². The van der Waals surface area contributed by atoms with E-state index >= 15 is 0 Å². The lowest BCUT2D eigenvalue weighted by atomic mass is 10.1. The van der Waals surface area contributed by atoms with Gasteiger partial charge in [-0.1, -0.05) is 36.4 Å². The van der Waals surface area contributed by atoms with E-state index in [4.69, 9.17) is 5.11 Å². The molecule has 27 heavy (non-hydrogen) atoms. The molecule has 0 aliphatic carbocycles. The third-order valence-corrected chi connectivity index (χ3v) is 3.70. The highest BCUT2D eigenvalue weighted by Gasteiger charge is 2.15. The number of esters is 1. The fraction of sp³-hybridized carbons (Fsp3) is 0.150. The molecule has 7 heteroatoms. The third-order valence-electron chi connectivity index (χ3n) is 3.70. The Balaban J connectivity index is 2.04. The van der Waals surface area contributed by atoms with E-state index in [1.54, 1.807) is 30.3 Å². The first kappa shape index (κ1) is 19.7. The van der Waals surface area contributed by atoms with Crippen molar-refractivity contribution in [2.75, 3.05) is 12.4 Å². The number of aliphatic hydroxyl groups is 1. The molecule has 1 amide bonds. The number of ether oxygens (including phenoxy) is 1. The molecular weight excluding hydrogens is 346 g/mol. The van der Waals surface area contributed by atoms with Gasteiger partial charge in [0.05, 0.1) is 25.0 Å². The van der Waals surface area contributed by atoms with Gasteiger partial charge in [-0.05, 0) is 23.3 Å². The summed E-state index contributed by atoms with van der Waals surface area (Å²) >= 11 is 0. The van der Waals surface area contributed by atoms with Gasteiger partial charge in [0, 0.05) is 12.7 Å². The Morgan fingerprint density at radius 1 is 1.15 bits per heavy atom. The van der Waals surface area contributed by atoms with Crippen LogP contribution < -0.4 is 10.6 Å². The molecule has 0 radical (unpaired) electrons. The van der Waals surface area contributed by atoms with E-state index < -0.39 is 11.9 Å². The van der Waals surface area contributed by atoms with Crippen molar-refractivity contribution in [2.45, 2.75) is 13.2 Å². The number of carbonyl (C=O) groups is 2. The number of nitrogens with one attached hydrogen (secondary N) is 2. The SMILES string of the molecule is COC(=O)c1ccccc1NC(=O)/C(C#N)=C\NCc1ccc(CO)cc1.